The van der Waals surface area contributed by atoms with Gasteiger partial charge < -0.3 is 4.74 Å². The van der Waals surface area contributed by atoms with Gasteiger partial charge in [-0.05, 0) is 41.8 Å². The van der Waals surface area contributed by atoms with E-state index in [9.17, 15) is 4.79 Å². The molecular weight excluding hydrogens is 214 g/mol. The Morgan fingerprint density at radius 2 is 1.94 bits per heavy atom. The molecule has 17 heavy (non-hydrogen) atoms. The van der Waals surface area contributed by atoms with Crippen molar-refractivity contribution in [3.05, 3.63) is 59.4 Å². The van der Waals surface area contributed by atoms with Gasteiger partial charge in [-0.25, -0.2) is 0 Å². The summed E-state index contributed by atoms with van der Waals surface area (Å²) in [5.74, 6) is 0.610. The van der Waals surface area contributed by atoms with Gasteiger partial charge in [0, 0.05) is 12.4 Å². The fourth-order valence-electron chi connectivity index (χ4n) is 1.72. The van der Waals surface area contributed by atoms with Crippen LogP contribution in [0.2, 0.25) is 0 Å². The van der Waals surface area contributed by atoms with Crippen molar-refractivity contribution in [3.63, 3.8) is 0 Å². The maximum Gasteiger partial charge on any atom is 0.153 e. The molecule has 1 aromatic heterocycles. The van der Waals surface area contributed by atoms with Gasteiger partial charge >= 0.3 is 0 Å². The lowest BCUT2D eigenvalue weighted by Crippen LogP contribution is -1.94. The number of nitrogens with zero attached hydrogens (tertiary/aromatic N) is 1. The molecule has 0 N–H and O–H groups in total. The minimum absolute atomic E-state index is 0.582. The van der Waals surface area contributed by atoms with Crippen LogP contribution in [0, 0.1) is 0 Å². The van der Waals surface area contributed by atoms with Crippen molar-refractivity contribution in [2.24, 2.45) is 0 Å². The zero-order valence-electron chi connectivity index (χ0n) is 9.59. The molecule has 0 aliphatic heterocycles. The van der Waals surface area contributed by atoms with Crippen LogP contribution < -0.4 is 4.74 Å². The van der Waals surface area contributed by atoms with Crippen LogP contribution >= 0.6 is 0 Å². The molecule has 0 spiro atoms. The monoisotopic (exact) mass is 227 g/mol. The second-order valence-electron chi connectivity index (χ2n) is 3.73. The lowest BCUT2D eigenvalue weighted by Gasteiger charge is -2.06. The summed E-state index contributed by atoms with van der Waals surface area (Å²) in [6.45, 7) is 0. The Labute approximate surface area is 100 Å². The maximum atomic E-state index is 10.9. The summed E-state index contributed by atoms with van der Waals surface area (Å²) in [5.41, 5.74) is 2.83. The molecule has 2 aromatic rings. The van der Waals surface area contributed by atoms with Crippen LogP contribution in [0.15, 0.2) is 42.7 Å². The van der Waals surface area contributed by atoms with Crippen molar-refractivity contribution in [1.82, 2.24) is 4.98 Å². The van der Waals surface area contributed by atoms with Gasteiger partial charge in [-0.3, -0.25) is 9.78 Å². The number of pyridine rings is 1. The van der Waals surface area contributed by atoms with Crippen molar-refractivity contribution in [1.29, 1.82) is 0 Å². The van der Waals surface area contributed by atoms with E-state index in [4.69, 9.17) is 4.74 Å². The van der Waals surface area contributed by atoms with Gasteiger partial charge in [0.25, 0.3) is 0 Å². The molecule has 0 atom stereocenters. The van der Waals surface area contributed by atoms with Crippen LogP contribution in [0.4, 0.5) is 0 Å². The van der Waals surface area contributed by atoms with E-state index in [1.54, 1.807) is 19.5 Å². The number of hydrogen-bond acceptors (Lipinski definition) is 3. The average Bonchev–Trinajstić information content (AvgIpc) is 2.40. The molecule has 0 saturated heterocycles. The van der Waals surface area contributed by atoms with Crippen molar-refractivity contribution in [2.45, 2.75) is 6.42 Å². The number of benzene rings is 1. The maximum absolute atomic E-state index is 10.9. The lowest BCUT2D eigenvalue weighted by atomic mass is 10.0. The number of ether oxygens (including phenoxy) is 1. The number of carbonyl (C=O) groups is 1. The molecule has 86 valence electrons. The third-order valence-electron chi connectivity index (χ3n) is 2.58. The number of aromatic nitrogens is 1. The van der Waals surface area contributed by atoms with Crippen molar-refractivity contribution >= 4 is 6.29 Å². The summed E-state index contributed by atoms with van der Waals surface area (Å²) < 4.78 is 5.10. The first-order valence-corrected chi connectivity index (χ1v) is 5.34. The Hall–Kier alpha value is -2.16. The Morgan fingerprint density at radius 3 is 2.59 bits per heavy atom. The first-order chi connectivity index (χ1) is 8.33. The molecule has 1 aromatic carbocycles. The molecule has 0 amide bonds. The van der Waals surface area contributed by atoms with Crippen LogP contribution in [0.1, 0.15) is 21.5 Å². The molecule has 0 radical (unpaired) electrons. The largest absolute Gasteiger partial charge is 0.496 e. The molecular formula is C14H13NO2. The molecule has 1 heterocycles. The van der Waals surface area contributed by atoms with Crippen molar-refractivity contribution in [2.75, 3.05) is 7.11 Å². The van der Waals surface area contributed by atoms with E-state index < -0.39 is 0 Å². The predicted molar refractivity (Wildman–Crippen MR) is 65.4 cm³/mol. The van der Waals surface area contributed by atoms with Gasteiger partial charge in [-0.15, -0.1) is 0 Å². The number of methoxy groups -OCH3 is 1. The summed E-state index contributed by atoms with van der Waals surface area (Å²) in [7, 11) is 1.56. The van der Waals surface area contributed by atoms with Crippen molar-refractivity contribution < 1.29 is 9.53 Å². The van der Waals surface area contributed by atoms with E-state index in [0.29, 0.717) is 11.3 Å². The first-order valence-electron chi connectivity index (χ1n) is 5.34. The third kappa shape index (κ3) is 2.69. The van der Waals surface area contributed by atoms with Gasteiger partial charge in [0.15, 0.2) is 6.29 Å². The summed E-state index contributed by atoms with van der Waals surface area (Å²) >= 11 is 0. The second kappa shape index (κ2) is 5.25. The molecule has 2 rings (SSSR count). The fourth-order valence-corrected chi connectivity index (χ4v) is 1.72. The average molecular weight is 227 g/mol. The van der Waals surface area contributed by atoms with Crippen LogP contribution in [-0.4, -0.2) is 18.4 Å². The molecule has 3 nitrogen and oxygen atoms in total. The number of rotatable bonds is 4. The number of carbonyl (C=O) groups excluding carboxylic acids is 1. The van der Waals surface area contributed by atoms with E-state index in [1.165, 1.54) is 5.56 Å². The zero-order valence-corrected chi connectivity index (χ0v) is 9.59. The Bertz CT molecular complexity index is 509. The van der Waals surface area contributed by atoms with E-state index in [-0.39, 0.29) is 0 Å². The Balaban J connectivity index is 2.25. The summed E-state index contributed by atoms with van der Waals surface area (Å²) in [5, 5.41) is 0. The molecule has 0 unspecified atom stereocenters. The summed E-state index contributed by atoms with van der Waals surface area (Å²) in [4.78, 5) is 14.9. The fraction of sp³-hybridized carbons (Fsp3) is 0.143. The minimum Gasteiger partial charge on any atom is -0.496 e. The summed E-state index contributed by atoms with van der Waals surface area (Å²) in [6, 6.07) is 9.56. The SMILES string of the molecule is COc1ccc(Cc2ccncc2)cc1C=O. The molecule has 0 aliphatic carbocycles. The lowest BCUT2D eigenvalue weighted by molar-refractivity contribution is 0.112. The van der Waals surface area contributed by atoms with Crippen molar-refractivity contribution in [3.8, 4) is 5.75 Å². The summed E-state index contributed by atoms with van der Waals surface area (Å²) in [6.07, 6.45) is 5.13. The van der Waals surface area contributed by atoms with E-state index in [2.05, 4.69) is 4.98 Å². The van der Waals surface area contributed by atoms with Gasteiger partial charge in [0.1, 0.15) is 5.75 Å². The molecule has 0 fully saturated rings. The molecule has 0 bridgehead atoms. The van der Waals surface area contributed by atoms with E-state index in [1.807, 2.05) is 30.3 Å². The number of aldehydes is 1. The van der Waals surface area contributed by atoms with Crippen LogP contribution in [-0.2, 0) is 6.42 Å². The number of hydrogen-bond donors (Lipinski definition) is 0. The van der Waals surface area contributed by atoms with Gasteiger partial charge in [0.05, 0.1) is 12.7 Å². The highest BCUT2D eigenvalue weighted by Crippen LogP contribution is 2.19. The van der Waals surface area contributed by atoms with Gasteiger partial charge in [-0.2, -0.15) is 0 Å². The third-order valence-corrected chi connectivity index (χ3v) is 2.58. The highest BCUT2D eigenvalue weighted by atomic mass is 16.5. The van der Waals surface area contributed by atoms with Crippen LogP contribution in [0.5, 0.6) is 5.75 Å². The highest BCUT2D eigenvalue weighted by Gasteiger charge is 2.03. The van der Waals surface area contributed by atoms with E-state index >= 15 is 0 Å². The van der Waals surface area contributed by atoms with Crippen LogP contribution in [0.25, 0.3) is 0 Å². The Morgan fingerprint density at radius 1 is 1.18 bits per heavy atom. The molecule has 3 heteroatoms. The second-order valence-corrected chi connectivity index (χ2v) is 3.73. The normalized spacial score (nSPS) is 9.94. The van der Waals surface area contributed by atoms with Gasteiger partial charge in [0.2, 0.25) is 0 Å². The highest BCUT2D eigenvalue weighted by molar-refractivity contribution is 5.79. The minimum atomic E-state index is 0.582. The first kappa shape index (κ1) is 11.3. The van der Waals surface area contributed by atoms with Crippen LogP contribution in [0.3, 0.4) is 0 Å². The predicted octanol–water partition coefficient (Wildman–Crippen LogP) is 2.49. The standard InChI is InChI=1S/C14H13NO2/c1-17-14-3-2-12(9-13(14)10-16)8-11-4-6-15-7-5-11/h2-7,9-10H,8H2,1H3. The quantitative estimate of drug-likeness (QED) is 0.753. The molecule has 0 aliphatic rings. The van der Waals surface area contributed by atoms with Gasteiger partial charge in [-0.1, -0.05) is 6.07 Å². The van der Waals surface area contributed by atoms with E-state index in [0.717, 1.165) is 18.3 Å². The molecule has 0 saturated carbocycles. The smallest absolute Gasteiger partial charge is 0.153 e. The Kier molecular flexibility index (Phi) is 3.50. The zero-order chi connectivity index (χ0) is 12.1. The topological polar surface area (TPSA) is 39.2 Å².